The van der Waals surface area contributed by atoms with Gasteiger partial charge in [-0.2, -0.15) is 0 Å². The fourth-order valence-electron chi connectivity index (χ4n) is 1.67. The summed E-state index contributed by atoms with van der Waals surface area (Å²) in [4.78, 5) is 5.27. The fraction of sp³-hybridized carbons (Fsp3) is 0.214. The predicted molar refractivity (Wildman–Crippen MR) is 72.3 cm³/mol. The molecule has 2 N–H and O–H groups in total. The Labute approximate surface area is 110 Å². The van der Waals surface area contributed by atoms with E-state index in [9.17, 15) is 4.39 Å². The molecular weight excluding hydrogens is 247 g/mol. The Morgan fingerprint density at radius 2 is 2.17 bits per heavy atom. The molecule has 0 amide bonds. The van der Waals surface area contributed by atoms with Crippen molar-refractivity contribution in [3.8, 4) is 0 Å². The molecule has 1 aromatic heterocycles. The molecular formula is C14H15FN2S. The molecule has 4 heteroatoms. The molecule has 2 rings (SSSR count). The smallest absolute Gasteiger partial charge is 0.124 e. The molecule has 0 atom stereocenters. The summed E-state index contributed by atoms with van der Waals surface area (Å²) in [6.07, 6.45) is 2.67. The predicted octanol–water partition coefficient (Wildman–Crippen LogP) is 3.18. The lowest BCUT2D eigenvalue weighted by molar-refractivity contribution is 0.624. The van der Waals surface area contributed by atoms with Crippen LogP contribution in [-0.2, 0) is 6.42 Å². The first-order valence-corrected chi connectivity index (χ1v) is 6.59. The first-order chi connectivity index (χ1) is 8.69. The third-order valence-electron chi connectivity index (χ3n) is 2.53. The van der Waals surface area contributed by atoms with Gasteiger partial charge < -0.3 is 5.73 Å². The second-order valence-corrected chi connectivity index (χ2v) is 5.13. The van der Waals surface area contributed by atoms with Gasteiger partial charge in [0, 0.05) is 11.1 Å². The van der Waals surface area contributed by atoms with Crippen molar-refractivity contribution in [1.82, 2.24) is 4.98 Å². The minimum Gasteiger partial charge on any atom is -0.330 e. The van der Waals surface area contributed by atoms with E-state index in [-0.39, 0.29) is 5.82 Å². The third kappa shape index (κ3) is 3.31. The second kappa shape index (κ2) is 5.98. The van der Waals surface area contributed by atoms with Gasteiger partial charge in [-0.25, -0.2) is 9.37 Å². The van der Waals surface area contributed by atoms with Gasteiger partial charge in [0.25, 0.3) is 0 Å². The Morgan fingerprint density at radius 1 is 1.33 bits per heavy atom. The Kier molecular flexibility index (Phi) is 4.33. The summed E-state index contributed by atoms with van der Waals surface area (Å²) in [6.45, 7) is 2.63. The van der Waals surface area contributed by atoms with Gasteiger partial charge in [-0.05, 0) is 49.2 Å². The summed E-state index contributed by atoms with van der Waals surface area (Å²) in [7, 11) is 0. The molecule has 0 spiro atoms. The van der Waals surface area contributed by atoms with Crippen LogP contribution in [0, 0.1) is 12.7 Å². The highest BCUT2D eigenvalue weighted by atomic mass is 32.2. The average molecular weight is 262 g/mol. The van der Waals surface area contributed by atoms with Crippen molar-refractivity contribution in [3.63, 3.8) is 0 Å². The van der Waals surface area contributed by atoms with E-state index in [1.54, 1.807) is 6.07 Å². The molecule has 0 saturated carbocycles. The van der Waals surface area contributed by atoms with E-state index < -0.39 is 0 Å². The zero-order valence-electron chi connectivity index (χ0n) is 10.2. The van der Waals surface area contributed by atoms with Crippen molar-refractivity contribution in [2.24, 2.45) is 5.73 Å². The molecule has 0 unspecified atom stereocenters. The summed E-state index contributed by atoms with van der Waals surface area (Å²) < 4.78 is 13.1. The lowest BCUT2D eigenvalue weighted by Crippen LogP contribution is -2.03. The van der Waals surface area contributed by atoms with Crippen molar-refractivity contribution in [2.45, 2.75) is 23.3 Å². The zero-order valence-corrected chi connectivity index (χ0v) is 11.0. The van der Waals surface area contributed by atoms with Gasteiger partial charge in [0.2, 0.25) is 0 Å². The molecule has 1 aromatic carbocycles. The van der Waals surface area contributed by atoms with Gasteiger partial charge >= 0.3 is 0 Å². The molecule has 0 saturated heterocycles. The summed E-state index contributed by atoms with van der Waals surface area (Å²) >= 11 is 1.47. The van der Waals surface area contributed by atoms with Gasteiger partial charge in [0.05, 0.1) is 0 Å². The van der Waals surface area contributed by atoms with Crippen molar-refractivity contribution in [1.29, 1.82) is 0 Å². The van der Waals surface area contributed by atoms with E-state index in [0.717, 1.165) is 27.5 Å². The van der Waals surface area contributed by atoms with Gasteiger partial charge in [-0.3, -0.25) is 0 Å². The number of nitrogens with two attached hydrogens (primary N) is 1. The molecule has 0 aliphatic rings. The highest BCUT2D eigenvalue weighted by Crippen LogP contribution is 2.29. The van der Waals surface area contributed by atoms with E-state index in [0.29, 0.717) is 6.54 Å². The van der Waals surface area contributed by atoms with Crippen LogP contribution in [0.3, 0.4) is 0 Å². The quantitative estimate of drug-likeness (QED) is 0.919. The third-order valence-corrected chi connectivity index (χ3v) is 3.64. The fourth-order valence-corrected chi connectivity index (χ4v) is 2.54. The molecule has 94 valence electrons. The van der Waals surface area contributed by atoms with Crippen LogP contribution in [0.2, 0.25) is 0 Å². The van der Waals surface area contributed by atoms with Crippen LogP contribution in [0.4, 0.5) is 4.39 Å². The number of nitrogens with zero attached hydrogens (tertiary/aromatic N) is 1. The standard InChI is InChI=1S/C14H15FN2S/c1-10-7-11(5-6-16)9-17-14(10)18-13-4-2-3-12(15)8-13/h2-4,7-9H,5-6,16H2,1H3. The normalized spacial score (nSPS) is 10.6. The van der Waals surface area contributed by atoms with Crippen LogP contribution in [0.1, 0.15) is 11.1 Å². The Bertz CT molecular complexity index is 543. The van der Waals surface area contributed by atoms with Gasteiger partial charge in [-0.15, -0.1) is 0 Å². The summed E-state index contributed by atoms with van der Waals surface area (Å²) in [5.41, 5.74) is 7.74. The molecule has 2 aromatic rings. The van der Waals surface area contributed by atoms with Crippen molar-refractivity contribution >= 4 is 11.8 Å². The molecule has 0 fully saturated rings. The Hall–Kier alpha value is -1.39. The Balaban J connectivity index is 2.19. The maximum atomic E-state index is 13.1. The van der Waals surface area contributed by atoms with Gasteiger partial charge in [0.15, 0.2) is 0 Å². The number of aromatic nitrogens is 1. The monoisotopic (exact) mass is 262 g/mol. The van der Waals surface area contributed by atoms with E-state index in [2.05, 4.69) is 11.1 Å². The van der Waals surface area contributed by atoms with Gasteiger partial charge in [0.1, 0.15) is 10.8 Å². The topological polar surface area (TPSA) is 38.9 Å². The largest absolute Gasteiger partial charge is 0.330 e. The molecule has 2 nitrogen and oxygen atoms in total. The lowest BCUT2D eigenvalue weighted by atomic mass is 10.2. The molecule has 0 radical (unpaired) electrons. The van der Waals surface area contributed by atoms with Gasteiger partial charge in [-0.1, -0.05) is 23.9 Å². The van der Waals surface area contributed by atoms with Crippen LogP contribution >= 0.6 is 11.8 Å². The summed E-state index contributed by atoms with van der Waals surface area (Å²) in [5.74, 6) is -0.225. The summed E-state index contributed by atoms with van der Waals surface area (Å²) in [6, 6.07) is 8.62. The van der Waals surface area contributed by atoms with Crippen molar-refractivity contribution in [2.75, 3.05) is 6.54 Å². The van der Waals surface area contributed by atoms with Crippen molar-refractivity contribution in [3.05, 3.63) is 53.5 Å². The summed E-state index contributed by atoms with van der Waals surface area (Å²) in [5, 5.41) is 0.904. The molecule has 0 bridgehead atoms. The van der Waals surface area contributed by atoms with Crippen LogP contribution in [-0.4, -0.2) is 11.5 Å². The first-order valence-electron chi connectivity index (χ1n) is 5.78. The van der Waals surface area contributed by atoms with Crippen LogP contribution in [0.5, 0.6) is 0 Å². The number of halogens is 1. The minimum atomic E-state index is -0.225. The number of pyridine rings is 1. The molecule has 1 heterocycles. The molecule has 0 aliphatic heterocycles. The van der Waals surface area contributed by atoms with Crippen LogP contribution < -0.4 is 5.73 Å². The maximum absolute atomic E-state index is 13.1. The lowest BCUT2D eigenvalue weighted by Gasteiger charge is -2.07. The minimum absolute atomic E-state index is 0.225. The number of hydrogen-bond donors (Lipinski definition) is 1. The number of hydrogen-bond acceptors (Lipinski definition) is 3. The Morgan fingerprint density at radius 3 is 2.83 bits per heavy atom. The highest BCUT2D eigenvalue weighted by molar-refractivity contribution is 7.99. The van der Waals surface area contributed by atoms with Crippen LogP contribution in [0.25, 0.3) is 0 Å². The maximum Gasteiger partial charge on any atom is 0.124 e. The average Bonchev–Trinajstić information content (AvgIpc) is 2.33. The number of aryl methyl sites for hydroxylation is 1. The van der Waals surface area contributed by atoms with Crippen LogP contribution in [0.15, 0.2) is 46.5 Å². The number of benzene rings is 1. The first kappa shape index (κ1) is 13.1. The van der Waals surface area contributed by atoms with Crippen molar-refractivity contribution < 1.29 is 4.39 Å². The molecule has 18 heavy (non-hydrogen) atoms. The van der Waals surface area contributed by atoms with E-state index in [1.807, 2.05) is 19.2 Å². The molecule has 0 aliphatic carbocycles. The second-order valence-electron chi connectivity index (χ2n) is 4.06. The zero-order chi connectivity index (χ0) is 13.0. The number of rotatable bonds is 4. The van der Waals surface area contributed by atoms with E-state index in [1.165, 1.54) is 23.9 Å². The van der Waals surface area contributed by atoms with E-state index >= 15 is 0 Å². The van der Waals surface area contributed by atoms with E-state index in [4.69, 9.17) is 5.73 Å². The highest BCUT2D eigenvalue weighted by Gasteiger charge is 2.05. The SMILES string of the molecule is Cc1cc(CCN)cnc1Sc1cccc(F)c1.